The van der Waals surface area contributed by atoms with Crippen molar-refractivity contribution in [2.75, 3.05) is 0 Å². The minimum atomic E-state index is -0.125. The van der Waals surface area contributed by atoms with E-state index in [9.17, 15) is 4.79 Å². The standard InChI is InChI=1S/C27H18NO2.C5H8O2.Ir/c1-16-12-17(2)14-19(13-16)25-15-18-10-11-23(28-27(18)30-25)22-8-5-7-21-20-6-3-4-9-24(20)29-26(21)22;1-4(6)3-5(2)7;/h3-7,9-15H,1-2H3;3,6H,1-2H3;/q-1;;/b;4-3-;. The van der Waals surface area contributed by atoms with Crippen LogP contribution in [0.25, 0.3) is 55.6 Å². The third kappa shape index (κ3) is 5.62. The van der Waals surface area contributed by atoms with Crippen molar-refractivity contribution >= 4 is 38.8 Å². The molecular formula is C32H26IrNO4-. The summed E-state index contributed by atoms with van der Waals surface area (Å²) in [5.74, 6) is 0.764. The third-order valence-corrected chi connectivity index (χ3v) is 5.90. The summed E-state index contributed by atoms with van der Waals surface area (Å²) in [4.78, 5) is 14.8. The van der Waals surface area contributed by atoms with Crippen molar-refractivity contribution in [3.05, 3.63) is 102 Å². The fraction of sp³-hybridized carbons (Fsp3) is 0.125. The number of allylic oxidation sites excluding steroid dienone is 2. The summed E-state index contributed by atoms with van der Waals surface area (Å²) in [6, 6.07) is 27.9. The molecule has 5 nitrogen and oxygen atoms in total. The summed E-state index contributed by atoms with van der Waals surface area (Å²) in [6.07, 6.45) is 1.17. The van der Waals surface area contributed by atoms with Crippen molar-refractivity contribution in [1.29, 1.82) is 0 Å². The Hall–Kier alpha value is -3.99. The van der Waals surface area contributed by atoms with Crippen molar-refractivity contribution < 1.29 is 38.8 Å². The fourth-order valence-corrected chi connectivity index (χ4v) is 4.49. The Bertz CT molecular complexity index is 1790. The van der Waals surface area contributed by atoms with Crippen LogP contribution in [0.2, 0.25) is 0 Å². The third-order valence-electron chi connectivity index (χ3n) is 5.90. The number of hydrogen-bond donors (Lipinski definition) is 1. The summed E-state index contributed by atoms with van der Waals surface area (Å²) in [5.41, 5.74) is 7.40. The molecule has 0 saturated heterocycles. The van der Waals surface area contributed by atoms with Crippen LogP contribution in [0, 0.1) is 19.9 Å². The van der Waals surface area contributed by atoms with Gasteiger partial charge >= 0.3 is 0 Å². The van der Waals surface area contributed by atoms with E-state index in [1.807, 2.05) is 48.5 Å². The molecule has 6 rings (SSSR count). The van der Waals surface area contributed by atoms with E-state index in [-0.39, 0.29) is 31.6 Å². The molecule has 0 bridgehead atoms. The number of rotatable bonds is 3. The monoisotopic (exact) mass is 681 g/mol. The maximum Gasteiger partial charge on any atom is 0.217 e. The molecule has 1 N–H and O–H groups in total. The summed E-state index contributed by atoms with van der Waals surface area (Å²) < 4.78 is 12.3. The molecular weight excluding hydrogens is 655 g/mol. The predicted octanol–water partition coefficient (Wildman–Crippen LogP) is 8.51. The van der Waals surface area contributed by atoms with Crippen molar-refractivity contribution in [2.24, 2.45) is 0 Å². The van der Waals surface area contributed by atoms with Gasteiger partial charge in [0.25, 0.3) is 0 Å². The smallest absolute Gasteiger partial charge is 0.217 e. The van der Waals surface area contributed by atoms with Crippen LogP contribution < -0.4 is 0 Å². The normalized spacial score (nSPS) is 11.3. The second kappa shape index (κ2) is 11.2. The zero-order valence-corrected chi connectivity index (χ0v) is 23.9. The van der Waals surface area contributed by atoms with E-state index in [4.69, 9.17) is 18.9 Å². The predicted molar refractivity (Wildman–Crippen MR) is 148 cm³/mol. The number of aromatic nitrogens is 1. The topological polar surface area (TPSA) is 76.5 Å². The number of fused-ring (bicyclic) bond motifs is 4. The van der Waals surface area contributed by atoms with E-state index in [1.54, 1.807) is 0 Å². The Kier molecular flexibility index (Phi) is 7.96. The summed E-state index contributed by atoms with van der Waals surface area (Å²) in [6.45, 7) is 7.04. The van der Waals surface area contributed by atoms with Gasteiger partial charge in [0.15, 0.2) is 5.78 Å². The molecule has 6 aromatic rings. The van der Waals surface area contributed by atoms with Crippen LogP contribution in [-0.4, -0.2) is 15.9 Å². The molecule has 0 spiro atoms. The van der Waals surface area contributed by atoms with E-state index >= 15 is 0 Å². The molecule has 0 saturated carbocycles. The number of nitrogens with zero attached hydrogens (tertiary/aromatic N) is 1. The van der Waals surface area contributed by atoms with E-state index < -0.39 is 0 Å². The minimum absolute atomic E-state index is 0. The molecule has 38 heavy (non-hydrogen) atoms. The Morgan fingerprint density at radius 2 is 1.66 bits per heavy atom. The first-order valence-electron chi connectivity index (χ1n) is 12.0. The molecule has 6 heteroatoms. The van der Waals surface area contributed by atoms with E-state index in [1.165, 1.54) is 31.1 Å². The van der Waals surface area contributed by atoms with Gasteiger partial charge in [-0.05, 0) is 57.7 Å². The number of carbonyl (C=O) groups excluding carboxylic acids is 1. The number of aliphatic hydroxyl groups excluding tert-OH is 1. The second-order valence-corrected chi connectivity index (χ2v) is 9.17. The molecule has 0 fully saturated rings. The van der Waals surface area contributed by atoms with Crippen LogP contribution >= 0.6 is 0 Å². The Labute approximate surface area is 234 Å². The quantitative estimate of drug-likeness (QED) is 0.115. The number of para-hydroxylation sites is 1. The second-order valence-electron chi connectivity index (χ2n) is 9.17. The zero-order valence-electron chi connectivity index (χ0n) is 21.5. The number of ketones is 1. The zero-order chi connectivity index (χ0) is 26.1. The van der Waals surface area contributed by atoms with Gasteiger partial charge in [-0.2, -0.15) is 0 Å². The summed E-state index contributed by atoms with van der Waals surface area (Å²) in [5, 5.41) is 11.5. The molecule has 193 valence electrons. The first-order chi connectivity index (χ1) is 17.8. The molecule has 0 aliphatic heterocycles. The van der Waals surface area contributed by atoms with Gasteiger partial charge < -0.3 is 13.9 Å². The molecule has 3 aromatic carbocycles. The SMILES string of the molecule is CC(=O)/C=C(/C)O.Cc1cc(C)cc(-c2cc3ccc(-c4[c-]ccc5c4oc4ccccc45)nc3o2)c1.[Ir]. The number of hydrogen-bond acceptors (Lipinski definition) is 5. The van der Waals surface area contributed by atoms with Gasteiger partial charge in [-0.25, -0.2) is 0 Å². The molecule has 1 radical (unpaired) electrons. The molecule has 3 heterocycles. The number of aliphatic hydroxyl groups is 1. The van der Waals surface area contributed by atoms with Gasteiger partial charge in [-0.3, -0.25) is 9.78 Å². The average molecular weight is 681 g/mol. The van der Waals surface area contributed by atoms with Crippen LogP contribution in [0.15, 0.2) is 93.5 Å². The Morgan fingerprint density at radius 3 is 2.34 bits per heavy atom. The first-order valence-corrected chi connectivity index (χ1v) is 12.0. The molecule has 0 aliphatic carbocycles. The number of carbonyl (C=O) groups is 1. The first kappa shape index (κ1) is 27.1. The van der Waals surface area contributed by atoms with E-state index in [0.717, 1.165) is 49.9 Å². The van der Waals surface area contributed by atoms with Crippen LogP contribution in [0.1, 0.15) is 25.0 Å². The molecule has 0 atom stereocenters. The minimum Gasteiger partial charge on any atom is -0.512 e. The molecule has 0 amide bonds. The van der Waals surface area contributed by atoms with Crippen LogP contribution in [0.3, 0.4) is 0 Å². The van der Waals surface area contributed by atoms with Crippen LogP contribution in [0.4, 0.5) is 0 Å². The maximum atomic E-state index is 10.0. The van der Waals surface area contributed by atoms with Crippen molar-refractivity contribution in [3.63, 3.8) is 0 Å². The summed E-state index contributed by atoms with van der Waals surface area (Å²) in [7, 11) is 0. The van der Waals surface area contributed by atoms with Gasteiger partial charge in [-0.1, -0.05) is 58.5 Å². The van der Waals surface area contributed by atoms with Gasteiger partial charge in [0.05, 0.1) is 11.3 Å². The van der Waals surface area contributed by atoms with Crippen LogP contribution in [-0.2, 0) is 24.9 Å². The van der Waals surface area contributed by atoms with Gasteiger partial charge in [-0.15, -0.1) is 18.2 Å². The number of furan rings is 2. The molecule has 0 unspecified atom stereocenters. The molecule has 0 aliphatic rings. The molecule has 3 aromatic heterocycles. The van der Waals surface area contributed by atoms with Gasteiger partial charge in [0, 0.05) is 42.5 Å². The largest absolute Gasteiger partial charge is 0.512 e. The van der Waals surface area contributed by atoms with Crippen molar-refractivity contribution in [3.8, 4) is 22.6 Å². The Balaban J connectivity index is 0.000000375. The average Bonchev–Trinajstić information content (AvgIpc) is 3.44. The number of pyridine rings is 1. The van der Waals surface area contributed by atoms with Crippen molar-refractivity contribution in [1.82, 2.24) is 4.98 Å². The number of aryl methyl sites for hydroxylation is 2. The van der Waals surface area contributed by atoms with Crippen LogP contribution in [0.5, 0.6) is 0 Å². The fourth-order valence-electron chi connectivity index (χ4n) is 4.49. The van der Waals surface area contributed by atoms with Crippen molar-refractivity contribution in [2.45, 2.75) is 27.7 Å². The Morgan fingerprint density at radius 1 is 0.921 bits per heavy atom. The van der Waals surface area contributed by atoms with E-state index in [0.29, 0.717) is 5.71 Å². The van der Waals surface area contributed by atoms with Gasteiger partial charge in [0.2, 0.25) is 5.71 Å². The maximum absolute atomic E-state index is 10.0. The van der Waals surface area contributed by atoms with E-state index in [2.05, 4.69) is 44.2 Å². The number of benzene rings is 3. The van der Waals surface area contributed by atoms with Gasteiger partial charge in [0.1, 0.15) is 11.3 Å². The summed E-state index contributed by atoms with van der Waals surface area (Å²) >= 11 is 0.